The molecule has 0 spiro atoms. The van der Waals surface area contributed by atoms with Crippen molar-refractivity contribution in [3.05, 3.63) is 53.3 Å². The topological polar surface area (TPSA) is 124 Å². The third-order valence-corrected chi connectivity index (χ3v) is 5.06. The summed E-state index contributed by atoms with van der Waals surface area (Å²) in [5.74, 6) is -0.595. The van der Waals surface area contributed by atoms with E-state index in [-0.39, 0.29) is 19.1 Å². The van der Waals surface area contributed by atoms with Gasteiger partial charge in [0, 0.05) is 37.4 Å². The van der Waals surface area contributed by atoms with E-state index in [2.05, 4.69) is 20.5 Å². The number of benzene rings is 1. The van der Waals surface area contributed by atoms with Crippen LogP contribution in [-0.2, 0) is 22.6 Å². The van der Waals surface area contributed by atoms with Crippen LogP contribution in [0.5, 0.6) is 0 Å². The molecule has 0 atom stereocenters. The van der Waals surface area contributed by atoms with Crippen molar-refractivity contribution in [2.45, 2.75) is 33.2 Å². The molecule has 2 heterocycles. The third-order valence-electron chi connectivity index (χ3n) is 5.06. The van der Waals surface area contributed by atoms with Crippen LogP contribution in [-0.4, -0.2) is 57.8 Å². The van der Waals surface area contributed by atoms with Gasteiger partial charge in [-0.3, -0.25) is 19.5 Å². The lowest BCUT2D eigenvalue weighted by atomic mass is 9.97. The number of hydroxylamine groups is 2. The van der Waals surface area contributed by atoms with Crippen LogP contribution in [0.3, 0.4) is 0 Å². The molecule has 0 saturated heterocycles. The van der Waals surface area contributed by atoms with E-state index in [0.29, 0.717) is 36.8 Å². The van der Waals surface area contributed by atoms with Crippen molar-refractivity contribution in [2.75, 3.05) is 30.3 Å². The number of carboxylic acid groups (broad SMARTS) is 1. The summed E-state index contributed by atoms with van der Waals surface area (Å²) < 4.78 is 0. The largest absolute Gasteiger partial charge is 0.463 e. The molecular weight excluding hydrogens is 414 g/mol. The van der Waals surface area contributed by atoms with Crippen LogP contribution in [0, 0.1) is 6.92 Å². The lowest BCUT2D eigenvalue weighted by Crippen LogP contribution is -2.39. The van der Waals surface area contributed by atoms with Gasteiger partial charge in [-0.25, -0.2) is 9.59 Å². The molecule has 0 aliphatic carbocycles. The Morgan fingerprint density at radius 1 is 1.22 bits per heavy atom. The highest BCUT2D eigenvalue weighted by Gasteiger charge is 2.24. The number of nitrogens with zero attached hydrogens (tertiary/aromatic N) is 3. The first-order valence-corrected chi connectivity index (χ1v) is 10.4. The Kier molecular flexibility index (Phi) is 7.74. The number of hydrogen-bond donors (Lipinski definition) is 3. The van der Waals surface area contributed by atoms with Gasteiger partial charge in [-0.15, -0.1) is 5.06 Å². The van der Waals surface area contributed by atoms with E-state index in [4.69, 9.17) is 9.94 Å². The maximum Gasteiger partial charge on any atom is 0.439 e. The summed E-state index contributed by atoms with van der Waals surface area (Å²) in [5, 5.41) is 15.1. The molecule has 0 bridgehead atoms. The van der Waals surface area contributed by atoms with Crippen molar-refractivity contribution < 1.29 is 24.3 Å². The van der Waals surface area contributed by atoms with Crippen LogP contribution in [0.2, 0.25) is 0 Å². The Morgan fingerprint density at radius 2 is 2.03 bits per heavy atom. The van der Waals surface area contributed by atoms with Gasteiger partial charge in [0.2, 0.25) is 0 Å². The van der Waals surface area contributed by atoms with Gasteiger partial charge in [-0.05, 0) is 49.6 Å². The Hall–Kier alpha value is -3.50. The number of urea groups is 1. The lowest BCUT2D eigenvalue weighted by Gasteiger charge is -2.30. The number of rotatable bonds is 7. The van der Waals surface area contributed by atoms with E-state index < -0.39 is 12.0 Å². The van der Waals surface area contributed by atoms with Gasteiger partial charge in [0.05, 0.1) is 18.5 Å². The summed E-state index contributed by atoms with van der Waals surface area (Å²) in [6, 6.07) is 8.99. The van der Waals surface area contributed by atoms with E-state index in [9.17, 15) is 14.4 Å². The average molecular weight is 441 g/mol. The normalized spacial score (nSPS) is 13.2. The van der Waals surface area contributed by atoms with Crippen LogP contribution in [0.25, 0.3) is 0 Å². The first-order valence-electron chi connectivity index (χ1n) is 10.4. The zero-order valence-corrected chi connectivity index (χ0v) is 18.1. The molecule has 3 N–H and O–H groups in total. The number of fused-ring (bicyclic) bond motifs is 1. The van der Waals surface area contributed by atoms with E-state index >= 15 is 0 Å². The molecule has 2 aromatic rings. The Morgan fingerprint density at radius 3 is 2.72 bits per heavy atom. The summed E-state index contributed by atoms with van der Waals surface area (Å²) in [6.07, 6.45) is 0.912. The molecule has 32 heavy (non-hydrogen) atoms. The van der Waals surface area contributed by atoms with Crippen molar-refractivity contribution in [2.24, 2.45) is 0 Å². The molecule has 3 rings (SSSR count). The number of hydrogen-bond acceptors (Lipinski definition) is 6. The van der Waals surface area contributed by atoms with Gasteiger partial charge >= 0.3 is 12.1 Å². The van der Waals surface area contributed by atoms with Crippen LogP contribution in [0.4, 0.5) is 21.0 Å². The second kappa shape index (κ2) is 10.7. The molecule has 1 aromatic heterocycles. The molecule has 4 amide bonds. The van der Waals surface area contributed by atoms with E-state index in [1.54, 1.807) is 19.2 Å². The molecule has 10 nitrogen and oxygen atoms in total. The molecule has 0 fully saturated rings. The van der Waals surface area contributed by atoms with Gasteiger partial charge < -0.3 is 15.7 Å². The van der Waals surface area contributed by atoms with Crippen LogP contribution >= 0.6 is 0 Å². The number of aromatic nitrogens is 1. The predicted octanol–water partition coefficient (Wildman–Crippen LogP) is 3.24. The highest BCUT2D eigenvalue weighted by molar-refractivity contribution is 6.00. The fraction of sp³-hybridized carbons (Fsp3) is 0.364. The van der Waals surface area contributed by atoms with Crippen molar-refractivity contribution in [3.8, 4) is 0 Å². The number of pyridine rings is 1. The first-order chi connectivity index (χ1) is 15.4. The second-order valence-electron chi connectivity index (χ2n) is 7.38. The van der Waals surface area contributed by atoms with Gasteiger partial charge in [-0.2, -0.15) is 0 Å². The summed E-state index contributed by atoms with van der Waals surface area (Å²) in [4.78, 5) is 46.8. The number of anilines is 2. The standard InChI is InChI=1S/C22H27N5O5/c1-3-32-27(22(30)31)20(28)10-12-26-11-9-18-16(14-26)5-4-6-19(18)25-21(29)24-17-8-7-15(2)23-13-17/h4-8,13H,3,9-12,14H2,1-2H3,(H,30,31)(H2,24,25,29). The maximum atomic E-state index is 12.4. The fourth-order valence-electron chi connectivity index (χ4n) is 3.52. The number of nitrogens with one attached hydrogen (secondary N) is 2. The van der Waals surface area contributed by atoms with Gasteiger partial charge in [0.15, 0.2) is 0 Å². The number of aryl methyl sites for hydroxylation is 1. The quantitative estimate of drug-likeness (QED) is 0.564. The summed E-state index contributed by atoms with van der Waals surface area (Å²) in [5.41, 5.74) is 4.32. The number of imide groups is 1. The summed E-state index contributed by atoms with van der Waals surface area (Å²) >= 11 is 0. The highest BCUT2D eigenvalue weighted by atomic mass is 16.7. The fourth-order valence-corrected chi connectivity index (χ4v) is 3.52. The van der Waals surface area contributed by atoms with E-state index in [1.807, 2.05) is 31.2 Å². The summed E-state index contributed by atoms with van der Waals surface area (Å²) in [7, 11) is 0. The molecule has 1 aliphatic heterocycles. The van der Waals surface area contributed by atoms with Crippen LogP contribution in [0.1, 0.15) is 30.2 Å². The molecular formula is C22H27N5O5. The summed E-state index contributed by atoms with van der Waals surface area (Å²) in [6.45, 7) is 5.29. The molecule has 0 radical (unpaired) electrons. The van der Waals surface area contributed by atoms with Crippen molar-refractivity contribution >= 4 is 29.4 Å². The predicted molar refractivity (Wildman–Crippen MR) is 118 cm³/mol. The number of carbonyl (C=O) groups is 3. The van der Waals surface area contributed by atoms with E-state index in [0.717, 1.165) is 22.5 Å². The lowest BCUT2D eigenvalue weighted by molar-refractivity contribution is -0.171. The molecule has 170 valence electrons. The molecule has 0 saturated carbocycles. The van der Waals surface area contributed by atoms with E-state index in [1.165, 1.54) is 0 Å². The molecule has 1 aliphatic rings. The Bertz CT molecular complexity index is 979. The number of amides is 4. The third kappa shape index (κ3) is 6.02. The SMILES string of the molecule is CCON(C(=O)O)C(=O)CCN1CCc2c(cccc2NC(=O)Nc2ccc(C)nc2)C1. The van der Waals surface area contributed by atoms with Gasteiger partial charge in [0.25, 0.3) is 5.91 Å². The monoisotopic (exact) mass is 441 g/mol. The molecule has 1 aromatic carbocycles. The maximum absolute atomic E-state index is 12.4. The zero-order valence-electron chi connectivity index (χ0n) is 18.1. The van der Waals surface area contributed by atoms with Crippen molar-refractivity contribution in [1.82, 2.24) is 14.9 Å². The zero-order chi connectivity index (χ0) is 23.1. The van der Waals surface area contributed by atoms with Crippen LogP contribution < -0.4 is 10.6 Å². The van der Waals surface area contributed by atoms with Crippen molar-refractivity contribution in [3.63, 3.8) is 0 Å². The molecule has 0 unspecified atom stereocenters. The minimum Gasteiger partial charge on any atom is -0.463 e. The second-order valence-corrected chi connectivity index (χ2v) is 7.38. The smallest absolute Gasteiger partial charge is 0.439 e. The minimum absolute atomic E-state index is 0.0343. The molecule has 10 heteroatoms. The van der Waals surface area contributed by atoms with Crippen LogP contribution in [0.15, 0.2) is 36.5 Å². The van der Waals surface area contributed by atoms with Gasteiger partial charge in [-0.1, -0.05) is 12.1 Å². The first kappa shape index (κ1) is 23.2. The van der Waals surface area contributed by atoms with Gasteiger partial charge in [0.1, 0.15) is 0 Å². The average Bonchev–Trinajstić information content (AvgIpc) is 2.77. The Balaban J connectivity index is 1.58. The Labute approximate surface area is 186 Å². The minimum atomic E-state index is -1.42. The van der Waals surface area contributed by atoms with Crippen molar-refractivity contribution in [1.29, 1.82) is 0 Å². The highest BCUT2D eigenvalue weighted by Crippen LogP contribution is 2.26. The number of carbonyl (C=O) groups excluding carboxylic acids is 2.